The fourth-order valence-corrected chi connectivity index (χ4v) is 2.67. The second kappa shape index (κ2) is 8.16. The zero-order valence-electron chi connectivity index (χ0n) is 11.7. The second-order valence-electron chi connectivity index (χ2n) is 4.45. The minimum Gasteiger partial charge on any atom is -0.468 e. The zero-order valence-corrected chi connectivity index (χ0v) is 12.5. The van der Waals surface area contributed by atoms with Gasteiger partial charge in [-0.05, 0) is 26.3 Å². The van der Waals surface area contributed by atoms with Gasteiger partial charge >= 0.3 is 5.97 Å². The van der Waals surface area contributed by atoms with E-state index >= 15 is 0 Å². The van der Waals surface area contributed by atoms with Crippen LogP contribution < -0.4 is 5.32 Å². The summed E-state index contributed by atoms with van der Waals surface area (Å²) in [6.07, 6.45) is 4.25. The van der Waals surface area contributed by atoms with Crippen LogP contribution in [0.1, 0.15) is 33.1 Å². The summed E-state index contributed by atoms with van der Waals surface area (Å²) >= 11 is 1.64. The minimum atomic E-state index is -0.583. The van der Waals surface area contributed by atoms with E-state index in [1.165, 1.54) is 13.4 Å². The van der Waals surface area contributed by atoms with E-state index in [1.807, 2.05) is 13.8 Å². The third kappa shape index (κ3) is 5.20. The van der Waals surface area contributed by atoms with Gasteiger partial charge < -0.3 is 10.1 Å². The molecule has 0 aliphatic rings. The van der Waals surface area contributed by atoms with Crippen LogP contribution in [-0.4, -0.2) is 46.1 Å². The van der Waals surface area contributed by atoms with Crippen LogP contribution in [0.25, 0.3) is 0 Å². The topological polar surface area (TPSA) is 79.9 Å². The fraction of sp³-hybridized carbons (Fsp3) is 0.750. The van der Waals surface area contributed by atoms with Gasteiger partial charge in [-0.15, -0.1) is 0 Å². The number of aromatic nitrogens is 3. The highest BCUT2D eigenvalue weighted by Crippen LogP contribution is 2.19. The van der Waals surface area contributed by atoms with Gasteiger partial charge in [0.1, 0.15) is 11.9 Å². The summed E-state index contributed by atoms with van der Waals surface area (Å²) in [5.41, 5.74) is -0.583. The highest BCUT2D eigenvalue weighted by Gasteiger charge is 2.32. The van der Waals surface area contributed by atoms with Gasteiger partial charge in [0.2, 0.25) is 0 Å². The molecule has 2 N–H and O–H groups in total. The van der Waals surface area contributed by atoms with Crippen molar-refractivity contribution in [1.29, 1.82) is 0 Å². The minimum absolute atomic E-state index is 0.197. The number of likely N-dealkylation sites (N-methyl/N-ethyl adjacent to an activating group) is 1. The number of carbonyl (C=O) groups is 1. The van der Waals surface area contributed by atoms with Crippen LogP contribution in [0.15, 0.2) is 11.5 Å². The molecule has 6 nitrogen and oxygen atoms in total. The summed E-state index contributed by atoms with van der Waals surface area (Å²) in [5, 5.41) is 10.6. The first-order chi connectivity index (χ1) is 9.12. The zero-order chi connectivity index (χ0) is 14.1. The van der Waals surface area contributed by atoms with Gasteiger partial charge in [0.25, 0.3) is 0 Å². The van der Waals surface area contributed by atoms with Crippen LogP contribution in [0.4, 0.5) is 0 Å². The predicted octanol–water partition coefficient (Wildman–Crippen LogP) is 1.61. The molecule has 0 bridgehead atoms. The van der Waals surface area contributed by atoms with Gasteiger partial charge in [-0.2, -0.15) is 5.10 Å². The third-order valence-electron chi connectivity index (χ3n) is 2.91. The number of hydrogen-bond donors (Lipinski definition) is 2. The maximum Gasteiger partial charge on any atom is 0.325 e. The Morgan fingerprint density at radius 3 is 2.95 bits per heavy atom. The molecular formula is C12H22N4O2S. The number of aromatic amines is 1. The van der Waals surface area contributed by atoms with Crippen LogP contribution in [0, 0.1) is 0 Å². The number of unbranched alkanes of at least 4 members (excludes halogenated alkanes) is 1. The Morgan fingerprint density at radius 1 is 1.58 bits per heavy atom. The standard InChI is InChI=1S/C12H22N4O2S/c1-4-14-12(2,10(17)18-3)7-5-6-8-19-11-13-9-15-16-11/h9,14H,4-8H2,1-3H3,(H,13,15,16). The number of nitrogens with one attached hydrogen (secondary N) is 2. The second-order valence-corrected chi connectivity index (χ2v) is 5.53. The number of ether oxygens (including phenoxy) is 1. The van der Waals surface area contributed by atoms with E-state index in [4.69, 9.17) is 4.74 Å². The lowest BCUT2D eigenvalue weighted by atomic mass is 9.95. The molecule has 1 heterocycles. The van der Waals surface area contributed by atoms with E-state index in [-0.39, 0.29) is 5.97 Å². The van der Waals surface area contributed by atoms with E-state index in [1.54, 1.807) is 11.8 Å². The lowest BCUT2D eigenvalue weighted by Gasteiger charge is -2.27. The highest BCUT2D eigenvalue weighted by atomic mass is 32.2. The number of esters is 1. The molecule has 1 rings (SSSR count). The number of hydrogen-bond acceptors (Lipinski definition) is 6. The van der Waals surface area contributed by atoms with Crippen molar-refractivity contribution in [2.75, 3.05) is 19.4 Å². The van der Waals surface area contributed by atoms with Gasteiger partial charge in [-0.3, -0.25) is 9.89 Å². The van der Waals surface area contributed by atoms with Gasteiger partial charge in [0, 0.05) is 5.75 Å². The molecule has 19 heavy (non-hydrogen) atoms. The van der Waals surface area contributed by atoms with Crippen LogP contribution in [0.3, 0.4) is 0 Å². The maximum atomic E-state index is 11.8. The lowest BCUT2D eigenvalue weighted by Crippen LogP contribution is -2.50. The predicted molar refractivity (Wildman–Crippen MR) is 75.1 cm³/mol. The Morgan fingerprint density at radius 2 is 2.37 bits per heavy atom. The van der Waals surface area contributed by atoms with Crippen molar-refractivity contribution in [1.82, 2.24) is 20.5 Å². The van der Waals surface area contributed by atoms with Crippen LogP contribution in [-0.2, 0) is 9.53 Å². The Bertz CT molecular complexity index is 372. The van der Waals surface area contributed by atoms with E-state index in [9.17, 15) is 4.79 Å². The quantitative estimate of drug-likeness (QED) is 0.408. The van der Waals surface area contributed by atoms with Gasteiger partial charge in [-0.1, -0.05) is 25.1 Å². The molecule has 0 fully saturated rings. The molecule has 1 atom stereocenters. The average molecular weight is 286 g/mol. The Kier molecular flexibility index (Phi) is 6.86. The van der Waals surface area contributed by atoms with Gasteiger partial charge in [-0.25, -0.2) is 4.98 Å². The van der Waals surface area contributed by atoms with E-state index in [2.05, 4.69) is 20.5 Å². The molecule has 1 aromatic heterocycles. The molecule has 0 saturated heterocycles. The summed E-state index contributed by atoms with van der Waals surface area (Å²) in [6, 6.07) is 0. The first kappa shape index (κ1) is 16.0. The van der Waals surface area contributed by atoms with Gasteiger partial charge in [0.05, 0.1) is 7.11 Å². The molecule has 1 aromatic rings. The van der Waals surface area contributed by atoms with Crippen LogP contribution in [0.5, 0.6) is 0 Å². The van der Waals surface area contributed by atoms with Crippen molar-refractivity contribution in [2.24, 2.45) is 0 Å². The van der Waals surface area contributed by atoms with Crippen molar-refractivity contribution >= 4 is 17.7 Å². The van der Waals surface area contributed by atoms with E-state index in [0.29, 0.717) is 0 Å². The first-order valence-corrected chi connectivity index (χ1v) is 7.42. The molecule has 0 amide bonds. The molecule has 0 spiro atoms. The van der Waals surface area contributed by atoms with Crippen molar-refractivity contribution in [3.63, 3.8) is 0 Å². The first-order valence-electron chi connectivity index (χ1n) is 6.44. The van der Waals surface area contributed by atoms with Crippen LogP contribution >= 0.6 is 11.8 Å². The van der Waals surface area contributed by atoms with Gasteiger partial charge in [0.15, 0.2) is 5.16 Å². The number of methoxy groups -OCH3 is 1. The summed E-state index contributed by atoms with van der Waals surface area (Å²) in [7, 11) is 1.43. The monoisotopic (exact) mass is 286 g/mol. The number of thioether (sulfide) groups is 1. The largest absolute Gasteiger partial charge is 0.468 e. The normalized spacial score (nSPS) is 14.1. The van der Waals surface area contributed by atoms with E-state index < -0.39 is 5.54 Å². The summed E-state index contributed by atoms with van der Waals surface area (Å²) in [5.74, 6) is 0.760. The number of H-pyrrole nitrogens is 1. The van der Waals surface area contributed by atoms with Crippen molar-refractivity contribution in [2.45, 2.75) is 43.8 Å². The number of rotatable bonds is 9. The lowest BCUT2D eigenvalue weighted by molar-refractivity contribution is -0.148. The Labute approximate surface area is 118 Å². The molecule has 0 radical (unpaired) electrons. The molecule has 0 saturated carbocycles. The molecule has 1 unspecified atom stereocenters. The van der Waals surface area contributed by atoms with Crippen molar-refractivity contribution in [3.8, 4) is 0 Å². The number of carbonyl (C=O) groups excluding carboxylic acids is 1. The maximum absolute atomic E-state index is 11.8. The van der Waals surface area contributed by atoms with Crippen molar-refractivity contribution < 1.29 is 9.53 Å². The molecule has 0 aliphatic carbocycles. The molecule has 0 aliphatic heterocycles. The highest BCUT2D eigenvalue weighted by molar-refractivity contribution is 7.99. The third-order valence-corrected chi connectivity index (χ3v) is 3.87. The fourth-order valence-electron chi connectivity index (χ4n) is 1.89. The molecular weight excluding hydrogens is 264 g/mol. The Balaban J connectivity index is 2.26. The smallest absolute Gasteiger partial charge is 0.325 e. The van der Waals surface area contributed by atoms with Crippen LogP contribution in [0.2, 0.25) is 0 Å². The average Bonchev–Trinajstić information content (AvgIpc) is 2.91. The summed E-state index contributed by atoms with van der Waals surface area (Å²) in [6.45, 7) is 4.63. The summed E-state index contributed by atoms with van der Waals surface area (Å²) in [4.78, 5) is 15.8. The number of nitrogens with zero attached hydrogens (tertiary/aromatic N) is 2. The van der Waals surface area contributed by atoms with Crippen molar-refractivity contribution in [3.05, 3.63) is 6.33 Å². The molecule has 0 aromatic carbocycles. The SMILES string of the molecule is CCNC(C)(CCCCSc1ncn[nH]1)C(=O)OC. The molecule has 108 valence electrons. The van der Waals surface area contributed by atoms with E-state index in [0.717, 1.165) is 36.7 Å². The summed E-state index contributed by atoms with van der Waals surface area (Å²) < 4.78 is 4.85. The molecule has 7 heteroatoms. The Hall–Kier alpha value is -1.08.